The highest BCUT2D eigenvalue weighted by molar-refractivity contribution is 7.91. The molecule has 1 N–H and O–H groups in total. The van der Waals surface area contributed by atoms with Gasteiger partial charge in [-0.05, 0) is 36.4 Å². The molecule has 0 spiro atoms. The SMILES string of the molecule is COc1ccc(S(=O)(=O)c2ccccc2C(=O)O)cc1. The summed E-state index contributed by atoms with van der Waals surface area (Å²) in [5.41, 5.74) is -0.247. The number of carboxylic acids is 1. The van der Waals surface area contributed by atoms with Crippen molar-refractivity contribution in [3.05, 3.63) is 54.1 Å². The summed E-state index contributed by atoms with van der Waals surface area (Å²) in [5.74, 6) is -0.756. The maximum Gasteiger partial charge on any atom is 0.337 e. The van der Waals surface area contributed by atoms with Crippen LogP contribution in [0.25, 0.3) is 0 Å². The fourth-order valence-electron chi connectivity index (χ4n) is 1.76. The zero-order valence-corrected chi connectivity index (χ0v) is 11.4. The van der Waals surface area contributed by atoms with E-state index in [0.717, 1.165) is 0 Å². The van der Waals surface area contributed by atoms with Gasteiger partial charge in [-0.1, -0.05) is 12.1 Å². The van der Waals surface area contributed by atoms with Crippen molar-refractivity contribution in [1.82, 2.24) is 0 Å². The van der Waals surface area contributed by atoms with E-state index in [1.54, 1.807) is 0 Å². The van der Waals surface area contributed by atoms with Gasteiger partial charge < -0.3 is 9.84 Å². The van der Waals surface area contributed by atoms with E-state index in [0.29, 0.717) is 5.75 Å². The van der Waals surface area contributed by atoms with Crippen LogP contribution in [0.1, 0.15) is 10.4 Å². The van der Waals surface area contributed by atoms with Gasteiger partial charge in [0.1, 0.15) is 5.75 Å². The van der Waals surface area contributed by atoms with Gasteiger partial charge in [0, 0.05) is 0 Å². The molecule has 0 bridgehead atoms. The molecular weight excluding hydrogens is 280 g/mol. The summed E-state index contributed by atoms with van der Waals surface area (Å²) in [5, 5.41) is 9.07. The Hall–Kier alpha value is -2.34. The lowest BCUT2D eigenvalue weighted by Crippen LogP contribution is -2.09. The standard InChI is InChI=1S/C14H12O5S/c1-19-10-6-8-11(9-7-10)20(17,18)13-5-3-2-4-12(13)14(15)16/h2-9H,1H3,(H,15,16). The molecule has 0 radical (unpaired) electrons. The Balaban J connectivity index is 2.57. The molecule has 2 aromatic carbocycles. The van der Waals surface area contributed by atoms with Crippen molar-refractivity contribution in [2.45, 2.75) is 9.79 Å². The molecule has 0 fully saturated rings. The monoisotopic (exact) mass is 292 g/mol. The van der Waals surface area contributed by atoms with Gasteiger partial charge in [-0.3, -0.25) is 0 Å². The minimum atomic E-state index is -3.88. The smallest absolute Gasteiger partial charge is 0.337 e. The zero-order valence-electron chi connectivity index (χ0n) is 10.6. The maximum absolute atomic E-state index is 12.5. The molecule has 0 heterocycles. The number of ether oxygens (including phenoxy) is 1. The van der Waals surface area contributed by atoms with E-state index in [4.69, 9.17) is 9.84 Å². The third-order valence-electron chi connectivity index (χ3n) is 2.78. The minimum absolute atomic E-state index is 0.0204. The number of benzene rings is 2. The molecule has 0 unspecified atom stereocenters. The predicted octanol–water partition coefficient (Wildman–Crippen LogP) is 2.23. The highest BCUT2D eigenvalue weighted by atomic mass is 32.2. The summed E-state index contributed by atoms with van der Waals surface area (Å²) < 4.78 is 29.9. The molecule has 0 aliphatic carbocycles. The summed E-state index contributed by atoms with van der Waals surface area (Å²) in [6.45, 7) is 0. The van der Waals surface area contributed by atoms with E-state index in [2.05, 4.69) is 0 Å². The van der Waals surface area contributed by atoms with Crippen LogP contribution in [0, 0.1) is 0 Å². The largest absolute Gasteiger partial charge is 0.497 e. The van der Waals surface area contributed by atoms with Crippen LogP contribution in [0.2, 0.25) is 0 Å². The fourth-order valence-corrected chi connectivity index (χ4v) is 3.21. The number of rotatable bonds is 4. The molecule has 6 heteroatoms. The normalized spacial score (nSPS) is 11.1. The average Bonchev–Trinajstić information content (AvgIpc) is 2.47. The summed E-state index contributed by atoms with van der Waals surface area (Å²) in [7, 11) is -2.40. The summed E-state index contributed by atoms with van der Waals surface area (Å²) in [6.07, 6.45) is 0. The van der Waals surface area contributed by atoms with Gasteiger partial charge in [0.25, 0.3) is 0 Å². The Morgan fingerprint density at radius 2 is 1.65 bits per heavy atom. The molecule has 104 valence electrons. The highest BCUT2D eigenvalue weighted by Crippen LogP contribution is 2.25. The predicted molar refractivity (Wildman–Crippen MR) is 71.8 cm³/mol. The highest BCUT2D eigenvalue weighted by Gasteiger charge is 2.23. The fraction of sp³-hybridized carbons (Fsp3) is 0.0714. The third kappa shape index (κ3) is 2.50. The Kier molecular flexibility index (Phi) is 3.76. The van der Waals surface area contributed by atoms with Gasteiger partial charge in [-0.2, -0.15) is 0 Å². The van der Waals surface area contributed by atoms with Crippen LogP contribution in [0.5, 0.6) is 5.75 Å². The number of carboxylic acid groups (broad SMARTS) is 1. The summed E-state index contributed by atoms with van der Waals surface area (Å²) in [6, 6.07) is 11.3. The second kappa shape index (κ2) is 5.34. The van der Waals surface area contributed by atoms with Crippen molar-refractivity contribution in [1.29, 1.82) is 0 Å². The zero-order chi connectivity index (χ0) is 14.8. The van der Waals surface area contributed by atoms with E-state index in [1.807, 2.05) is 0 Å². The van der Waals surface area contributed by atoms with Crippen LogP contribution in [0.15, 0.2) is 58.3 Å². The van der Waals surface area contributed by atoms with Crippen molar-refractivity contribution in [2.75, 3.05) is 7.11 Å². The van der Waals surface area contributed by atoms with Crippen LogP contribution in [0.4, 0.5) is 0 Å². The van der Waals surface area contributed by atoms with Crippen molar-refractivity contribution >= 4 is 15.8 Å². The molecule has 0 saturated carbocycles. The van der Waals surface area contributed by atoms with Crippen molar-refractivity contribution < 1.29 is 23.1 Å². The second-order valence-electron chi connectivity index (χ2n) is 3.98. The third-order valence-corrected chi connectivity index (χ3v) is 4.60. The van der Waals surface area contributed by atoms with Gasteiger partial charge in [0.15, 0.2) is 0 Å². The van der Waals surface area contributed by atoms with Gasteiger partial charge in [-0.15, -0.1) is 0 Å². The van der Waals surface area contributed by atoms with E-state index in [1.165, 1.54) is 55.6 Å². The molecule has 0 aromatic heterocycles. The Bertz CT molecular complexity index is 732. The van der Waals surface area contributed by atoms with E-state index < -0.39 is 15.8 Å². The molecule has 20 heavy (non-hydrogen) atoms. The van der Waals surface area contributed by atoms with Crippen LogP contribution >= 0.6 is 0 Å². The maximum atomic E-state index is 12.5. The van der Waals surface area contributed by atoms with Crippen LogP contribution in [-0.2, 0) is 9.84 Å². The van der Waals surface area contributed by atoms with Gasteiger partial charge >= 0.3 is 5.97 Å². The summed E-state index contributed by atoms with van der Waals surface area (Å²) in [4.78, 5) is 10.9. The number of aromatic carboxylic acids is 1. The van der Waals surface area contributed by atoms with Crippen LogP contribution in [0.3, 0.4) is 0 Å². The molecule has 2 rings (SSSR count). The first kappa shape index (κ1) is 14.1. The average molecular weight is 292 g/mol. The summed E-state index contributed by atoms with van der Waals surface area (Å²) >= 11 is 0. The molecule has 5 nitrogen and oxygen atoms in total. The number of hydrogen-bond donors (Lipinski definition) is 1. The number of sulfone groups is 1. The number of methoxy groups -OCH3 is 1. The molecule has 0 aliphatic heterocycles. The van der Waals surface area contributed by atoms with E-state index in [-0.39, 0.29) is 15.4 Å². The molecule has 0 atom stereocenters. The van der Waals surface area contributed by atoms with Gasteiger partial charge in [-0.25, -0.2) is 13.2 Å². The molecular formula is C14H12O5S. The van der Waals surface area contributed by atoms with Crippen molar-refractivity contribution in [3.8, 4) is 5.75 Å². The quantitative estimate of drug-likeness (QED) is 0.934. The first-order valence-electron chi connectivity index (χ1n) is 5.68. The molecule has 0 amide bonds. The van der Waals surface area contributed by atoms with Crippen LogP contribution < -0.4 is 4.74 Å². The Labute approximate surface area is 116 Å². The van der Waals surface area contributed by atoms with Crippen molar-refractivity contribution in [2.24, 2.45) is 0 Å². The number of carbonyl (C=O) groups is 1. The lowest BCUT2D eigenvalue weighted by molar-refractivity contribution is 0.0692. The first-order valence-corrected chi connectivity index (χ1v) is 7.16. The Morgan fingerprint density at radius 1 is 1.05 bits per heavy atom. The molecule has 0 aliphatic rings. The van der Waals surface area contributed by atoms with Gasteiger partial charge in [0.2, 0.25) is 9.84 Å². The van der Waals surface area contributed by atoms with Crippen LogP contribution in [-0.4, -0.2) is 26.6 Å². The Morgan fingerprint density at radius 3 is 2.20 bits per heavy atom. The molecule has 0 saturated heterocycles. The topological polar surface area (TPSA) is 80.7 Å². The molecule has 2 aromatic rings. The first-order chi connectivity index (χ1) is 9.46. The lowest BCUT2D eigenvalue weighted by Gasteiger charge is -2.08. The number of hydrogen-bond acceptors (Lipinski definition) is 4. The van der Waals surface area contributed by atoms with E-state index in [9.17, 15) is 13.2 Å². The lowest BCUT2D eigenvalue weighted by atomic mass is 10.2. The van der Waals surface area contributed by atoms with Gasteiger partial charge in [0.05, 0.1) is 22.5 Å². The second-order valence-corrected chi connectivity index (χ2v) is 5.90. The minimum Gasteiger partial charge on any atom is -0.497 e. The van der Waals surface area contributed by atoms with E-state index >= 15 is 0 Å². The van der Waals surface area contributed by atoms with Crippen molar-refractivity contribution in [3.63, 3.8) is 0 Å².